The molecule has 1 N–H and O–H groups in total. The Bertz CT molecular complexity index is 343. The van der Waals surface area contributed by atoms with Gasteiger partial charge in [0.1, 0.15) is 6.10 Å². The van der Waals surface area contributed by atoms with Crippen LogP contribution in [0.15, 0.2) is 5.16 Å². The van der Waals surface area contributed by atoms with E-state index < -0.39 is 12.0 Å². The first-order valence-electron chi connectivity index (χ1n) is 5.99. The molecular weight excluding hydrogens is 238 g/mol. The normalized spacial score (nSPS) is 21.7. The lowest BCUT2D eigenvalue weighted by atomic mass is 10.3. The Hall–Kier alpha value is -1.79. The van der Waals surface area contributed by atoms with Crippen LogP contribution in [-0.2, 0) is 14.4 Å². The molecule has 2 amide bonds. The van der Waals surface area contributed by atoms with Crippen LogP contribution >= 0.6 is 0 Å². The van der Waals surface area contributed by atoms with Crippen molar-refractivity contribution in [3.63, 3.8) is 0 Å². The number of nitrogens with zero attached hydrogens (tertiary/aromatic N) is 2. The Kier molecular flexibility index (Phi) is 5.41. The van der Waals surface area contributed by atoms with Gasteiger partial charge in [0.25, 0.3) is 0 Å². The van der Waals surface area contributed by atoms with Gasteiger partial charge in [0.05, 0.1) is 6.54 Å². The van der Waals surface area contributed by atoms with Crippen LogP contribution in [0.5, 0.6) is 0 Å². The second-order valence-electron chi connectivity index (χ2n) is 4.17. The third-order valence-corrected chi connectivity index (χ3v) is 2.38. The number of carbonyl (C=O) groups excluding carboxylic acids is 2. The van der Waals surface area contributed by atoms with Crippen molar-refractivity contribution in [2.45, 2.75) is 32.8 Å². The van der Waals surface area contributed by atoms with Crippen LogP contribution in [-0.4, -0.2) is 49.0 Å². The van der Waals surface area contributed by atoms with Crippen molar-refractivity contribution in [2.24, 2.45) is 5.16 Å². The van der Waals surface area contributed by atoms with Crippen LogP contribution in [0.4, 0.5) is 4.79 Å². The van der Waals surface area contributed by atoms with Gasteiger partial charge in [-0.05, 0) is 18.5 Å². The molecule has 7 heteroatoms. The summed E-state index contributed by atoms with van der Waals surface area (Å²) in [6.45, 7) is 4.82. The van der Waals surface area contributed by atoms with Crippen LogP contribution in [0.1, 0.15) is 26.7 Å². The average molecular weight is 257 g/mol. The van der Waals surface area contributed by atoms with Crippen LogP contribution in [0.2, 0.25) is 0 Å². The van der Waals surface area contributed by atoms with Gasteiger partial charge in [0.2, 0.25) is 0 Å². The van der Waals surface area contributed by atoms with Gasteiger partial charge in [-0.3, -0.25) is 9.63 Å². The topological polar surface area (TPSA) is 80.2 Å². The van der Waals surface area contributed by atoms with E-state index in [1.807, 2.05) is 6.92 Å². The fourth-order valence-electron chi connectivity index (χ4n) is 1.45. The maximum Gasteiger partial charge on any atom is 0.433 e. The molecule has 0 aromatic carbocycles. The number of unbranched alkanes of at least 4 members (excludes halogenated alkanes) is 1. The number of likely N-dealkylation sites (N-methyl/N-ethyl adjacent to an activating group) is 1. The summed E-state index contributed by atoms with van der Waals surface area (Å²) in [4.78, 5) is 28.8. The molecule has 7 nitrogen and oxygen atoms in total. The molecular formula is C11H19N3O4. The zero-order valence-electron chi connectivity index (χ0n) is 10.9. The number of rotatable bonds is 4. The van der Waals surface area contributed by atoms with E-state index in [0.717, 1.165) is 12.8 Å². The minimum Gasteiger partial charge on any atom is -0.467 e. The quantitative estimate of drug-likeness (QED) is 0.457. The third-order valence-electron chi connectivity index (χ3n) is 2.38. The van der Waals surface area contributed by atoms with Gasteiger partial charge >= 0.3 is 17.9 Å². The number of amides is 2. The fourth-order valence-corrected chi connectivity index (χ4v) is 1.45. The molecule has 0 aliphatic carbocycles. The molecule has 1 atom stereocenters. The van der Waals surface area contributed by atoms with Crippen molar-refractivity contribution in [1.29, 1.82) is 0 Å². The highest BCUT2D eigenvalue weighted by Gasteiger charge is 2.29. The lowest BCUT2D eigenvalue weighted by molar-refractivity contribution is -0.129. The molecule has 18 heavy (non-hydrogen) atoms. The molecule has 1 rings (SSSR count). The molecule has 1 fully saturated rings. The van der Waals surface area contributed by atoms with Crippen molar-refractivity contribution in [1.82, 2.24) is 10.2 Å². The summed E-state index contributed by atoms with van der Waals surface area (Å²) in [5, 5.41) is 5.95. The third kappa shape index (κ3) is 4.23. The SMILES string of the molecule is CCCCNC(=O)ON=C1OC(C)CN(C)C1=O. The minimum absolute atomic E-state index is 0.168. The summed E-state index contributed by atoms with van der Waals surface area (Å²) in [6, 6.07) is 0. The Morgan fingerprint density at radius 1 is 1.67 bits per heavy atom. The van der Waals surface area contributed by atoms with E-state index >= 15 is 0 Å². The zero-order chi connectivity index (χ0) is 13.5. The second-order valence-corrected chi connectivity index (χ2v) is 4.17. The number of carbonyl (C=O) groups is 2. The number of oxime groups is 1. The second kappa shape index (κ2) is 6.83. The van der Waals surface area contributed by atoms with Crippen molar-refractivity contribution < 1.29 is 19.2 Å². The number of hydrogen-bond donors (Lipinski definition) is 1. The summed E-state index contributed by atoms with van der Waals surface area (Å²) in [5.74, 6) is -0.587. The van der Waals surface area contributed by atoms with Gasteiger partial charge < -0.3 is 15.0 Å². The first-order chi connectivity index (χ1) is 8.54. The molecule has 0 radical (unpaired) electrons. The van der Waals surface area contributed by atoms with E-state index in [4.69, 9.17) is 4.74 Å². The maximum absolute atomic E-state index is 11.6. The van der Waals surface area contributed by atoms with Gasteiger partial charge in [-0.1, -0.05) is 13.3 Å². The fraction of sp³-hybridized carbons (Fsp3) is 0.727. The van der Waals surface area contributed by atoms with E-state index in [2.05, 4.69) is 15.3 Å². The summed E-state index contributed by atoms with van der Waals surface area (Å²) in [7, 11) is 1.64. The van der Waals surface area contributed by atoms with Gasteiger partial charge in [-0.25, -0.2) is 4.79 Å². The first-order valence-corrected chi connectivity index (χ1v) is 5.99. The molecule has 1 aliphatic heterocycles. The Labute approximate surface area is 106 Å². The van der Waals surface area contributed by atoms with Crippen LogP contribution in [0.25, 0.3) is 0 Å². The molecule has 0 aromatic heterocycles. The number of ether oxygens (including phenoxy) is 1. The molecule has 1 saturated heterocycles. The lowest BCUT2D eigenvalue weighted by Gasteiger charge is -2.28. The van der Waals surface area contributed by atoms with E-state index in [9.17, 15) is 9.59 Å². The van der Waals surface area contributed by atoms with Gasteiger partial charge in [0.15, 0.2) is 0 Å². The highest BCUT2D eigenvalue weighted by atomic mass is 16.7. The monoisotopic (exact) mass is 257 g/mol. The summed E-state index contributed by atoms with van der Waals surface area (Å²) in [5.41, 5.74) is 0. The van der Waals surface area contributed by atoms with Crippen molar-refractivity contribution in [2.75, 3.05) is 20.1 Å². The number of nitrogens with one attached hydrogen (secondary N) is 1. The molecule has 0 bridgehead atoms. The van der Waals surface area contributed by atoms with Crippen molar-refractivity contribution >= 4 is 17.9 Å². The lowest BCUT2D eigenvalue weighted by Crippen LogP contribution is -2.46. The van der Waals surface area contributed by atoms with E-state index in [0.29, 0.717) is 13.1 Å². The van der Waals surface area contributed by atoms with Crippen LogP contribution < -0.4 is 5.32 Å². The Morgan fingerprint density at radius 3 is 3.06 bits per heavy atom. The smallest absolute Gasteiger partial charge is 0.433 e. The molecule has 0 aromatic rings. The highest BCUT2D eigenvalue weighted by Crippen LogP contribution is 2.06. The summed E-state index contributed by atoms with van der Waals surface area (Å²) < 4.78 is 5.20. The predicted molar refractivity (Wildman–Crippen MR) is 65.0 cm³/mol. The molecule has 1 aliphatic rings. The molecule has 1 heterocycles. The number of morpholine rings is 1. The Morgan fingerprint density at radius 2 is 2.39 bits per heavy atom. The highest BCUT2D eigenvalue weighted by molar-refractivity contribution is 6.35. The number of hydrogen-bond acceptors (Lipinski definition) is 5. The van der Waals surface area contributed by atoms with E-state index in [1.54, 1.807) is 14.0 Å². The summed E-state index contributed by atoms with van der Waals surface area (Å²) in [6.07, 6.45) is 0.978. The molecule has 0 saturated carbocycles. The minimum atomic E-state index is -0.687. The van der Waals surface area contributed by atoms with Crippen LogP contribution in [0, 0.1) is 0 Å². The summed E-state index contributed by atoms with van der Waals surface area (Å²) >= 11 is 0. The average Bonchev–Trinajstić information content (AvgIpc) is 2.32. The standard InChI is InChI=1S/C11H19N3O4/c1-4-5-6-12-11(16)18-13-9-10(15)14(3)7-8(2)17-9/h8H,4-7H2,1-3H3,(H,12,16). The van der Waals surface area contributed by atoms with Crippen molar-refractivity contribution in [3.05, 3.63) is 0 Å². The van der Waals surface area contributed by atoms with Gasteiger partial charge in [0, 0.05) is 13.6 Å². The van der Waals surface area contributed by atoms with Crippen molar-refractivity contribution in [3.8, 4) is 0 Å². The zero-order valence-corrected chi connectivity index (χ0v) is 10.9. The van der Waals surface area contributed by atoms with Gasteiger partial charge in [-0.2, -0.15) is 0 Å². The first kappa shape index (κ1) is 14.3. The Balaban J connectivity index is 2.45. The maximum atomic E-state index is 11.6. The van der Waals surface area contributed by atoms with E-state index in [1.165, 1.54) is 4.90 Å². The van der Waals surface area contributed by atoms with Gasteiger partial charge in [-0.15, -0.1) is 0 Å². The molecule has 1 unspecified atom stereocenters. The van der Waals surface area contributed by atoms with Crippen LogP contribution in [0.3, 0.4) is 0 Å². The molecule has 0 spiro atoms. The largest absolute Gasteiger partial charge is 0.467 e. The molecule has 102 valence electrons. The predicted octanol–water partition coefficient (Wildman–Crippen LogP) is 0.703. The van der Waals surface area contributed by atoms with E-state index in [-0.39, 0.29) is 12.0 Å².